The number of aliphatic carboxylic acids is 1. The summed E-state index contributed by atoms with van der Waals surface area (Å²) in [5, 5.41) is 27.2. The van der Waals surface area contributed by atoms with Crippen molar-refractivity contribution in [2.75, 3.05) is 11.5 Å². The van der Waals surface area contributed by atoms with E-state index >= 15 is 0 Å². The number of carboxylic acid groups (broad SMARTS) is 1. The van der Waals surface area contributed by atoms with E-state index in [9.17, 15) is 19.5 Å². The normalized spacial score (nSPS) is 19.2. The van der Waals surface area contributed by atoms with Crippen LogP contribution in [-0.4, -0.2) is 70.9 Å². The average Bonchev–Trinajstić information content (AvgIpc) is 3.24. The molecule has 2 aliphatic heterocycles. The number of aromatic nitrogens is 4. The van der Waals surface area contributed by atoms with Crippen LogP contribution in [0.1, 0.15) is 11.1 Å². The average molecular weight is 502 g/mol. The van der Waals surface area contributed by atoms with Crippen molar-refractivity contribution in [3.8, 4) is 0 Å². The lowest BCUT2D eigenvalue weighted by atomic mass is 10.0. The van der Waals surface area contributed by atoms with Crippen molar-refractivity contribution in [2.45, 2.75) is 29.5 Å². The van der Waals surface area contributed by atoms with Crippen molar-refractivity contribution >= 4 is 41.3 Å². The maximum Gasteiger partial charge on any atom is 0.352 e. The van der Waals surface area contributed by atoms with Gasteiger partial charge in [0.15, 0.2) is 0 Å². The SMILES string of the molecule is Cn1nnnc1SCC1=C(C(=O)O)N2C(=O)C(NC(=O)Cc3ccc(CN=[N+]=[N-])cc3)C2SC1. The quantitative estimate of drug-likeness (QED) is 0.167. The number of tetrazole rings is 1. The van der Waals surface area contributed by atoms with E-state index in [0.717, 1.165) is 11.1 Å². The molecule has 0 saturated carbocycles. The first-order chi connectivity index (χ1) is 16.4. The van der Waals surface area contributed by atoms with Gasteiger partial charge in [-0.05, 0) is 32.7 Å². The standard InChI is InChI=1S/C19H19N9O4S2/c1-27-19(23-25-26-27)34-9-12-8-33-17-14(16(30)28(17)15(12)18(31)32)22-13(29)6-10-2-4-11(5-3-10)7-21-24-20/h2-5,14,17H,6-9H2,1H3,(H,22,29)(H,31,32). The van der Waals surface area contributed by atoms with Gasteiger partial charge in [-0.3, -0.25) is 14.5 Å². The zero-order chi connectivity index (χ0) is 24.2. The Morgan fingerprint density at radius 2 is 2.09 bits per heavy atom. The minimum Gasteiger partial charge on any atom is -0.477 e. The van der Waals surface area contributed by atoms with Gasteiger partial charge in [-0.2, -0.15) is 0 Å². The number of aryl methyl sites for hydroxylation is 1. The largest absolute Gasteiger partial charge is 0.477 e. The van der Waals surface area contributed by atoms with Crippen LogP contribution in [0, 0.1) is 0 Å². The lowest BCUT2D eigenvalue weighted by Crippen LogP contribution is -2.70. The number of carbonyl (C=O) groups excluding carboxylic acids is 2. The number of rotatable bonds is 9. The molecular formula is C19H19N9O4S2. The molecular weight excluding hydrogens is 482 g/mol. The number of carbonyl (C=O) groups is 3. The van der Waals surface area contributed by atoms with Crippen LogP contribution in [0.4, 0.5) is 0 Å². The third kappa shape index (κ3) is 4.85. The second-order valence-corrected chi connectivity index (χ2v) is 9.52. The maximum absolute atomic E-state index is 12.8. The second-order valence-electron chi connectivity index (χ2n) is 7.47. The van der Waals surface area contributed by atoms with Crippen LogP contribution in [0.5, 0.6) is 0 Å². The van der Waals surface area contributed by atoms with E-state index in [-0.39, 0.29) is 24.6 Å². The summed E-state index contributed by atoms with van der Waals surface area (Å²) < 4.78 is 1.48. The topological polar surface area (TPSA) is 179 Å². The van der Waals surface area contributed by atoms with Gasteiger partial charge in [0.1, 0.15) is 17.1 Å². The van der Waals surface area contributed by atoms with Crippen LogP contribution >= 0.6 is 23.5 Å². The predicted octanol–water partition coefficient (Wildman–Crippen LogP) is 1.09. The number of amides is 2. The molecule has 2 unspecified atom stereocenters. The Kier molecular flexibility index (Phi) is 7.05. The van der Waals surface area contributed by atoms with Crippen LogP contribution in [0.25, 0.3) is 10.4 Å². The van der Waals surface area contributed by atoms with Crippen LogP contribution in [-0.2, 0) is 34.4 Å². The molecule has 2 aliphatic rings. The molecule has 15 heteroatoms. The smallest absolute Gasteiger partial charge is 0.352 e. The molecule has 1 aromatic heterocycles. The maximum atomic E-state index is 12.8. The summed E-state index contributed by atoms with van der Waals surface area (Å²) in [7, 11) is 1.68. The highest BCUT2D eigenvalue weighted by Gasteiger charge is 2.54. The van der Waals surface area contributed by atoms with E-state index < -0.39 is 23.3 Å². The molecule has 0 spiro atoms. The summed E-state index contributed by atoms with van der Waals surface area (Å²) in [6.45, 7) is 0.226. The van der Waals surface area contributed by atoms with Crippen molar-refractivity contribution in [1.82, 2.24) is 30.4 Å². The third-order valence-corrected chi connectivity index (χ3v) is 7.66. The number of nitrogens with zero attached hydrogens (tertiary/aromatic N) is 8. The van der Waals surface area contributed by atoms with E-state index in [1.165, 1.54) is 33.1 Å². The van der Waals surface area contributed by atoms with Crippen LogP contribution in [0.15, 0.2) is 45.8 Å². The lowest BCUT2D eigenvalue weighted by molar-refractivity contribution is -0.150. The number of nitrogens with one attached hydrogen (secondary N) is 1. The molecule has 176 valence electrons. The Labute approximate surface area is 201 Å². The zero-order valence-electron chi connectivity index (χ0n) is 17.9. The summed E-state index contributed by atoms with van der Waals surface area (Å²) in [6.07, 6.45) is 0.0677. The number of carboxylic acids is 1. The van der Waals surface area contributed by atoms with E-state index in [1.54, 1.807) is 31.3 Å². The van der Waals surface area contributed by atoms with Gasteiger partial charge in [0.2, 0.25) is 11.1 Å². The first-order valence-corrected chi connectivity index (χ1v) is 12.1. The number of β-lactam (4-membered cyclic amide) rings is 1. The summed E-state index contributed by atoms with van der Waals surface area (Å²) >= 11 is 2.70. The van der Waals surface area contributed by atoms with Gasteiger partial charge in [0.05, 0.1) is 13.0 Å². The van der Waals surface area contributed by atoms with Crippen molar-refractivity contribution in [3.63, 3.8) is 0 Å². The molecule has 2 aromatic rings. The third-order valence-electron chi connectivity index (χ3n) is 5.23. The van der Waals surface area contributed by atoms with Crippen LogP contribution in [0.3, 0.4) is 0 Å². The van der Waals surface area contributed by atoms with Gasteiger partial charge in [-0.15, -0.1) is 16.9 Å². The molecule has 34 heavy (non-hydrogen) atoms. The summed E-state index contributed by atoms with van der Waals surface area (Å²) in [4.78, 5) is 41.2. The number of hydrogen-bond acceptors (Lipinski definition) is 9. The first kappa shape index (κ1) is 23.6. The highest BCUT2D eigenvalue weighted by atomic mass is 32.2. The molecule has 3 heterocycles. The Hall–Kier alpha value is -3.55. The number of thioether (sulfide) groups is 2. The first-order valence-electron chi connectivity index (χ1n) is 10.0. The predicted molar refractivity (Wildman–Crippen MR) is 122 cm³/mol. The summed E-state index contributed by atoms with van der Waals surface area (Å²) in [5.41, 5.74) is 10.5. The Bertz CT molecular complexity index is 1210. The minimum atomic E-state index is -1.18. The van der Waals surface area contributed by atoms with E-state index in [1.807, 2.05) is 0 Å². The highest BCUT2D eigenvalue weighted by Crippen LogP contribution is 2.41. The van der Waals surface area contributed by atoms with Gasteiger partial charge >= 0.3 is 5.97 Å². The van der Waals surface area contributed by atoms with E-state index in [2.05, 4.69) is 30.9 Å². The number of benzene rings is 1. The highest BCUT2D eigenvalue weighted by molar-refractivity contribution is 8.01. The van der Waals surface area contributed by atoms with Crippen molar-refractivity contribution in [2.24, 2.45) is 12.2 Å². The monoisotopic (exact) mass is 501 g/mol. The fourth-order valence-corrected chi connectivity index (χ4v) is 5.91. The summed E-state index contributed by atoms with van der Waals surface area (Å²) in [6, 6.07) is 6.27. The van der Waals surface area contributed by atoms with Crippen molar-refractivity contribution in [3.05, 3.63) is 57.1 Å². The van der Waals surface area contributed by atoms with Crippen molar-refractivity contribution < 1.29 is 19.5 Å². The van der Waals surface area contributed by atoms with Gasteiger partial charge < -0.3 is 10.4 Å². The van der Waals surface area contributed by atoms with Crippen LogP contribution in [0.2, 0.25) is 0 Å². The Morgan fingerprint density at radius 3 is 2.74 bits per heavy atom. The number of azide groups is 1. The molecule has 13 nitrogen and oxygen atoms in total. The van der Waals surface area contributed by atoms with Gasteiger partial charge in [0.25, 0.3) is 5.91 Å². The van der Waals surface area contributed by atoms with Crippen molar-refractivity contribution in [1.29, 1.82) is 0 Å². The summed E-state index contributed by atoms with van der Waals surface area (Å²) in [5.74, 6) is -1.23. The van der Waals surface area contributed by atoms with Gasteiger partial charge in [-0.25, -0.2) is 9.48 Å². The Balaban J connectivity index is 1.38. The lowest BCUT2D eigenvalue weighted by Gasteiger charge is -2.49. The molecule has 0 bridgehead atoms. The fraction of sp³-hybridized carbons (Fsp3) is 0.368. The molecule has 1 saturated heterocycles. The Morgan fingerprint density at radius 1 is 1.35 bits per heavy atom. The molecule has 4 rings (SSSR count). The van der Waals surface area contributed by atoms with Gasteiger partial charge in [0, 0.05) is 23.5 Å². The molecule has 1 aromatic carbocycles. The molecule has 1 fully saturated rings. The molecule has 2 N–H and O–H groups in total. The number of hydrogen-bond donors (Lipinski definition) is 2. The number of fused-ring (bicyclic) bond motifs is 1. The van der Waals surface area contributed by atoms with Gasteiger partial charge in [-0.1, -0.05) is 41.1 Å². The van der Waals surface area contributed by atoms with Crippen LogP contribution < -0.4 is 5.32 Å². The molecule has 2 atom stereocenters. The second kappa shape index (κ2) is 10.2. The molecule has 2 amide bonds. The van der Waals surface area contributed by atoms with E-state index in [0.29, 0.717) is 22.2 Å². The molecule has 0 aliphatic carbocycles. The van der Waals surface area contributed by atoms with E-state index in [4.69, 9.17) is 5.53 Å². The zero-order valence-corrected chi connectivity index (χ0v) is 19.5. The fourth-order valence-electron chi connectivity index (χ4n) is 3.58. The molecule has 0 radical (unpaired) electrons. The minimum absolute atomic E-state index is 0.0440.